The summed E-state index contributed by atoms with van der Waals surface area (Å²) < 4.78 is 12.9. The van der Waals surface area contributed by atoms with Gasteiger partial charge in [-0.2, -0.15) is 5.10 Å². The minimum absolute atomic E-state index is 0.178. The van der Waals surface area contributed by atoms with Crippen LogP contribution in [0.15, 0.2) is 60.6 Å². The number of aryl methyl sites for hydroxylation is 2. The first-order chi connectivity index (χ1) is 17.4. The second-order valence-electron chi connectivity index (χ2n) is 8.20. The molecule has 0 atom stereocenters. The lowest BCUT2D eigenvalue weighted by Crippen LogP contribution is -2.29. The summed E-state index contributed by atoms with van der Waals surface area (Å²) in [5.41, 5.74) is 3.77. The van der Waals surface area contributed by atoms with Gasteiger partial charge in [-0.15, -0.1) is 0 Å². The Morgan fingerprint density at radius 3 is 2.67 bits per heavy atom. The van der Waals surface area contributed by atoms with E-state index in [1.807, 2.05) is 44.3 Å². The van der Waals surface area contributed by atoms with Crippen molar-refractivity contribution in [3.8, 4) is 11.5 Å². The lowest BCUT2D eigenvalue weighted by Gasteiger charge is -2.12. The number of hydrogen-bond donors (Lipinski definition) is 2. The molecule has 9 nitrogen and oxygen atoms in total. The van der Waals surface area contributed by atoms with Crippen LogP contribution in [0.2, 0.25) is 0 Å². The third kappa shape index (κ3) is 5.89. The Labute approximate surface area is 214 Å². The molecular formula is C26H27N5O4S. The van der Waals surface area contributed by atoms with Gasteiger partial charge in [-0.05, 0) is 62.0 Å². The van der Waals surface area contributed by atoms with E-state index in [1.165, 1.54) is 12.0 Å². The minimum atomic E-state index is -0.286. The van der Waals surface area contributed by atoms with E-state index in [-0.39, 0.29) is 18.4 Å². The maximum atomic E-state index is 12.9. The molecule has 1 aliphatic heterocycles. The van der Waals surface area contributed by atoms with Gasteiger partial charge in [0.1, 0.15) is 5.70 Å². The molecule has 1 saturated heterocycles. The van der Waals surface area contributed by atoms with Crippen LogP contribution in [0.25, 0.3) is 6.08 Å². The van der Waals surface area contributed by atoms with Crippen LogP contribution in [0.3, 0.4) is 0 Å². The zero-order valence-corrected chi connectivity index (χ0v) is 21.1. The fourth-order valence-electron chi connectivity index (χ4n) is 3.60. The van der Waals surface area contributed by atoms with Crippen molar-refractivity contribution in [2.75, 3.05) is 19.0 Å². The van der Waals surface area contributed by atoms with E-state index in [0.29, 0.717) is 40.1 Å². The summed E-state index contributed by atoms with van der Waals surface area (Å²) in [6.07, 6.45) is 5.31. The van der Waals surface area contributed by atoms with Crippen LogP contribution in [0.4, 0.5) is 5.69 Å². The monoisotopic (exact) mass is 505 g/mol. The van der Waals surface area contributed by atoms with Gasteiger partial charge in [-0.3, -0.25) is 19.2 Å². The first-order valence-corrected chi connectivity index (χ1v) is 11.8. The van der Waals surface area contributed by atoms with Crippen molar-refractivity contribution in [1.29, 1.82) is 0 Å². The molecule has 4 rings (SSSR count). The minimum Gasteiger partial charge on any atom is -0.493 e. The van der Waals surface area contributed by atoms with E-state index in [2.05, 4.69) is 15.7 Å². The highest BCUT2D eigenvalue weighted by Gasteiger charge is 2.31. The van der Waals surface area contributed by atoms with Gasteiger partial charge < -0.3 is 20.1 Å². The number of carbonyl (C=O) groups excluding carboxylic acids is 2. The van der Waals surface area contributed by atoms with Crippen LogP contribution in [-0.2, 0) is 22.7 Å². The van der Waals surface area contributed by atoms with Gasteiger partial charge in [-0.1, -0.05) is 23.8 Å². The van der Waals surface area contributed by atoms with Gasteiger partial charge >= 0.3 is 0 Å². The first-order valence-electron chi connectivity index (χ1n) is 11.4. The molecule has 3 aromatic rings. The van der Waals surface area contributed by atoms with E-state index in [4.69, 9.17) is 21.7 Å². The van der Waals surface area contributed by atoms with Crippen LogP contribution in [0, 0.1) is 6.92 Å². The number of hydrogen-bond acceptors (Lipinski definition) is 6. The highest BCUT2D eigenvalue weighted by molar-refractivity contribution is 7.80. The second-order valence-corrected chi connectivity index (χ2v) is 8.58. The third-order valence-electron chi connectivity index (χ3n) is 5.51. The molecule has 10 heteroatoms. The number of thiocarbonyl (C=S) groups is 1. The fraction of sp³-hybridized carbons (Fsp3) is 0.231. The molecule has 36 heavy (non-hydrogen) atoms. The summed E-state index contributed by atoms with van der Waals surface area (Å²) in [5, 5.41) is 10.3. The van der Waals surface area contributed by atoms with Gasteiger partial charge in [0.05, 0.1) is 19.9 Å². The molecule has 0 saturated carbocycles. The molecule has 0 aliphatic carbocycles. The Morgan fingerprint density at radius 2 is 1.97 bits per heavy atom. The summed E-state index contributed by atoms with van der Waals surface area (Å²) in [6.45, 7) is 4.88. The van der Waals surface area contributed by atoms with Crippen molar-refractivity contribution in [2.24, 2.45) is 0 Å². The highest BCUT2D eigenvalue weighted by atomic mass is 32.1. The molecular weight excluding hydrogens is 478 g/mol. The van der Waals surface area contributed by atoms with Crippen LogP contribution in [0.1, 0.15) is 23.6 Å². The van der Waals surface area contributed by atoms with Crippen LogP contribution in [0.5, 0.6) is 11.5 Å². The molecule has 0 bridgehead atoms. The van der Waals surface area contributed by atoms with Crippen molar-refractivity contribution < 1.29 is 19.1 Å². The van der Waals surface area contributed by atoms with E-state index < -0.39 is 0 Å². The van der Waals surface area contributed by atoms with Crippen LogP contribution >= 0.6 is 12.2 Å². The predicted molar refractivity (Wildman–Crippen MR) is 140 cm³/mol. The molecule has 0 radical (unpaired) electrons. The second kappa shape index (κ2) is 11.0. The van der Waals surface area contributed by atoms with E-state index in [1.54, 1.807) is 35.2 Å². The zero-order valence-electron chi connectivity index (χ0n) is 20.3. The van der Waals surface area contributed by atoms with Crippen molar-refractivity contribution in [3.63, 3.8) is 0 Å². The molecule has 2 heterocycles. The van der Waals surface area contributed by atoms with Crippen molar-refractivity contribution >= 4 is 40.9 Å². The standard InChI is InChI=1S/C26H27N5O4S/c1-4-30-14-19(13-27-30)15-31-25(33)21(29-26(31)36)11-18-7-10-22(23(12-18)34-3)35-16-24(32)28-20-8-5-17(2)6-9-20/h5-14H,4,15-16H2,1-3H3,(H,28,32)(H,29,36)/b21-11+. The molecule has 2 N–H and O–H groups in total. The largest absolute Gasteiger partial charge is 0.493 e. The number of nitrogens with one attached hydrogen (secondary N) is 2. The number of anilines is 1. The van der Waals surface area contributed by atoms with E-state index >= 15 is 0 Å². The molecule has 0 spiro atoms. The number of amides is 2. The first kappa shape index (κ1) is 24.9. The number of nitrogens with zero attached hydrogens (tertiary/aromatic N) is 3. The molecule has 2 aromatic carbocycles. The smallest absolute Gasteiger partial charge is 0.276 e. The number of carbonyl (C=O) groups is 2. The Morgan fingerprint density at radius 1 is 1.19 bits per heavy atom. The quantitative estimate of drug-likeness (QED) is 0.339. The summed E-state index contributed by atoms with van der Waals surface area (Å²) in [4.78, 5) is 26.7. The number of ether oxygens (including phenoxy) is 2. The van der Waals surface area contributed by atoms with Crippen molar-refractivity contribution in [2.45, 2.75) is 26.9 Å². The van der Waals surface area contributed by atoms with Gasteiger partial charge in [0.15, 0.2) is 23.2 Å². The third-order valence-corrected chi connectivity index (χ3v) is 5.83. The normalized spacial score (nSPS) is 14.2. The summed E-state index contributed by atoms with van der Waals surface area (Å²) in [5.74, 6) is 0.334. The molecule has 186 valence electrons. The Hall–Kier alpha value is -4.18. The Bertz CT molecular complexity index is 1320. The SMILES string of the molecule is CCn1cc(CN2C(=O)/C(=C\c3ccc(OCC(=O)Nc4ccc(C)cc4)c(OC)c3)NC2=S)cn1. The predicted octanol–water partition coefficient (Wildman–Crippen LogP) is 3.50. The zero-order chi connectivity index (χ0) is 25.7. The van der Waals surface area contributed by atoms with Crippen LogP contribution in [-0.4, -0.2) is 45.3 Å². The maximum Gasteiger partial charge on any atom is 0.276 e. The lowest BCUT2D eigenvalue weighted by atomic mass is 10.1. The average Bonchev–Trinajstić information content (AvgIpc) is 3.44. The van der Waals surface area contributed by atoms with Crippen molar-refractivity contribution in [3.05, 3.63) is 77.2 Å². The van der Waals surface area contributed by atoms with Gasteiger partial charge in [-0.25, -0.2) is 0 Å². The van der Waals surface area contributed by atoms with Gasteiger partial charge in [0.25, 0.3) is 11.8 Å². The average molecular weight is 506 g/mol. The van der Waals surface area contributed by atoms with E-state index in [0.717, 1.165) is 17.7 Å². The van der Waals surface area contributed by atoms with Crippen LogP contribution < -0.4 is 20.1 Å². The number of aromatic nitrogens is 2. The molecule has 1 aliphatic rings. The number of benzene rings is 2. The molecule has 1 aromatic heterocycles. The lowest BCUT2D eigenvalue weighted by molar-refractivity contribution is -0.122. The van der Waals surface area contributed by atoms with Crippen molar-refractivity contribution in [1.82, 2.24) is 20.0 Å². The van der Waals surface area contributed by atoms with Gasteiger partial charge in [0, 0.05) is 24.0 Å². The summed E-state index contributed by atoms with van der Waals surface area (Å²) in [6, 6.07) is 12.7. The fourth-order valence-corrected chi connectivity index (χ4v) is 3.85. The van der Waals surface area contributed by atoms with Gasteiger partial charge in [0.2, 0.25) is 0 Å². The van der Waals surface area contributed by atoms with E-state index in [9.17, 15) is 9.59 Å². The number of methoxy groups -OCH3 is 1. The summed E-state index contributed by atoms with van der Waals surface area (Å²) >= 11 is 5.37. The molecule has 2 amide bonds. The Balaban J connectivity index is 1.40. The highest BCUT2D eigenvalue weighted by Crippen LogP contribution is 2.29. The maximum absolute atomic E-state index is 12.9. The number of rotatable bonds is 9. The Kier molecular flexibility index (Phi) is 7.65. The molecule has 1 fully saturated rings. The summed E-state index contributed by atoms with van der Waals surface area (Å²) in [7, 11) is 1.51. The topological polar surface area (TPSA) is 97.7 Å². The molecule has 0 unspecified atom stereocenters.